The number of anilines is 1. The second-order valence-electron chi connectivity index (χ2n) is 7.34. The number of amides is 3. The van der Waals surface area contributed by atoms with E-state index in [0.29, 0.717) is 25.1 Å². The Morgan fingerprint density at radius 1 is 0.688 bits per heavy atom. The summed E-state index contributed by atoms with van der Waals surface area (Å²) in [4.78, 5) is 37.2. The number of carbonyl (C=O) groups excluding carboxylic acids is 3. The summed E-state index contributed by atoms with van der Waals surface area (Å²) in [6.45, 7) is 2.80. The summed E-state index contributed by atoms with van der Waals surface area (Å²) in [6, 6.07) is 24.3. The standard InChI is InChI=1S/C26H27N3O3/c1-2-19-12-14-21(15-13-19)18-28-24(30)22-10-6-7-11-23(22)29-26(32)25(31)27-17-16-20-8-4-3-5-9-20/h3-15H,2,16-18H2,1H3,(H,27,31)(H,28,30)(H,29,32). The Hall–Kier alpha value is -3.93. The summed E-state index contributed by atoms with van der Waals surface area (Å²) in [5.74, 6) is -1.88. The van der Waals surface area contributed by atoms with Gasteiger partial charge in [0.2, 0.25) is 0 Å². The minimum absolute atomic E-state index is 0.287. The molecule has 3 rings (SSSR count). The molecule has 164 valence electrons. The SMILES string of the molecule is CCc1ccc(CNC(=O)c2ccccc2NC(=O)C(=O)NCCc2ccccc2)cc1. The number of para-hydroxylation sites is 1. The van der Waals surface area contributed by atoms with E-state index in [1.54, 1.807) is 24.3 Å². The maximum Gasteiger partial charge on any atom is 0.313 e. The summed E-state index contributed by atoms with van der Waals surface area (Å²) in [5.41, 5.74) is 3.86. The smallest absolute Gasteiger partial charge is 0.313 e. The van der Waals surface area contributed by atoms with Gasteiger partial charge in [0.05, 0.1) is 11.3 Å². The van der Waals surface area contributed by atoms with Crippen LogP contribution in [0.4, 0.5) is 5.69 Å². The van der Waals surface area contributed by atoms with E-state index in [4.69, 9.17) is 0 Å². The average molecular weight is 430 g/mol. The lowest BCUT2D eigenvalue weighted by atomic mass is 10.1. The highest BCUT2D eigenvalue weighted by atomic mass is 16.2. The lowest BCUT2D eigenvalue weighted by Gasteiger charge is -2.12. The van der Waals surface area contributed by atoms with Gasteiger partial charge in [0.15, 0.2) is 0 Å². The third kappa shape index (κ3) is 6.54. The summed E-state index contributed by atoms with van der Waals surface area (Å²) < 4.78 is 0. The quantitative estimate of drug-likeness (QED) is 0.479. The van der Waals surface area contributed by atoms with Gasteiger partial charge in [-0.25, -0.2) is 0 Å². The summed E-state index contributed by atoms with van der Waals surface area (Å²) in [6.07, 6.45) is 1.58. The van der Waals surface area contributed by atoms with Crippen LogP contribution in [0.3, 0.4) is 0 Å². The van der Waals surface area contributed by atoms with E-state index in [-0.39, 0.29) is 11.6 Å². The molecule has 0 heterocycles. The molecule has 3 N–H and O–H groups in total. The normalized spacial score (nSPS) is 10.3. The summed E-state index contributed by atoms with van der Waals surface area (Å²) in [5, 5.41) is 8.00. The van der Waals surface area contributed by atoms with Crippen LogP contribution in [0.15, 0.2) is 78.9 Å². The van der Waals surface area contributed by atoms with E-state index in [2.05, 4.69) is 22.9 Å². The van der Waals surface area contributed by atoms with Gasteiger partial charge >= 0.3 is 11.8 Å². The molecule has 6 nitrogen and oxygen atoms in total. The molecular weight excluding hydrogens is 402 g/mol. The third-order valence-corrected chi connectivity index (χ3v) is 5.05. The maximum absolute atomic E-state index is 12.7. The molecule has 0 atom stereocenters. The molecule has 6 heteroatoms. The third-order valence-electron chi connectivity index (χ3n) is 5.05. The molecule has 0 radical (unpaired) electrons. The van der Waals surface area contributed by atoms with E-state index in [1.165, 1.54) is 5.56 Å². The fourth-order valence-corrected chi connectivity index (χ4v) is 3.18. The molecule has 0 saturated heterocycles. The number of benzene rings is 3. The molecular formula is C26H27N3O3. The van der Waals surface area contributed by atoms with Gasteiger partial charge in [0.1, 0.15) is 0 Å². The highest BCUT2D eigenvalue weighted by Gasteiger charge is 2.17. The van der Waals surface area contributed by atoms with Gasteiger partial charge in [0, 0.05) is 13.1 Å². The van der Waals surface area contributed by atoms with Crippen molar-refractivity contribution in [2.45, 2.75) is 26.3 Å². The molecule has 0 aliphatic rings. The zero-order valence-corrected chi connectivity index (χ0v) is 18.1. The largest absolute Gasteiger partial charge is 0.348 e. The van der Waals surface area contributed by atoms with Gasteiger partial charge in [-0.15, -0.1) is 0 Å². The molecule has 0 bridgehead atoms. The van der Waals surface area contributed by atoms with E-state index in [9.17, 15) is 14.4 Å². The number of aryl methyl sites for hydroxylation is 1. The first-order valence-corrected chi connectivity index (χ1v) is 10.6. The van der Waals surface area contributed by atoms with Crippen LogP contribution in [0, 0.1) is 0 Å². The topological polar surface area (TPSA) is 87.3 Å². The van der Waals surface area contributed by atoms with Crippen molar-refractivity contribution < 1.29 is 14.4 Å². The second kappa shape index (κ2) is 11.5. The molecule has 0 fully saturated rings. The van der Waals surface area contributed by atoms with E-state index >= 15 is 0 Å². The minimum atomic E-state index is -0.812. The number of nitrogens with one attached hydrogen (secondary N) is 3. The van der Waals surface area contributed by atoms with Crippen LogP contribution in [0.1, 0.15) is 34.0 Å². The molecule has 0 spiro atoms. The highest BCUT2D eigenvalue weighted by molar-refractivity contribution is 6.40. The first-order chi connectivity index (χ1) is 15.6. The summed E-state index contributed by atoms with van der Waals surface area (Å²) in [7, 11) is 0. The zero-order valence-electron chi connectivity index (χ0n) is 18.1. The van der Waals surface area contributed by atoms with Crippen molar-refractivity contribution in [2.75, 3.05) is 11.9 Å². The number of rotatable bonds is 8. The highest BCUT2D eigenvalue weighted by Crippen LogP contribution is 2.15. The first kappa shape index (κ1) is 22.7. The number of hydrogen-bond acceptors (Lipinski definition) is 3. The van der Waals surface area contributed by atoms with Crippen molar-refractivity contribution in [3.05, 3.63) is 101 Å². The fraction of sp³-hybridized carbons (Fsp3) is 0.192. The number of hydrogen-bond donors (Lipinski definition) is 3. The second-order valence-corrected chi connectivity index (χ2v) is 7.34. The molecule has 3 aromatic carbocycles. The lowest BCUT2D eigenvalue weighted by Crippen LogP contribution is -2.37. The van der Waals surface area contributed by atoms with Crippen LogP contribution >= 0.6 is 0 Å². The Morgan fingerprint density at radius 3 is 2.06 bits per heavy atom. The average Bonchev–Trinajstić information content (AvgIpc) is 2.83. The van der Waals surface area contributed by atoms with Crippen molar-refractivity contribution in [2.24, 2.45) is 0 Å². The Labute approximate surface area is 188 Å². The van der Waals surface area contributed by atoms with Crippen molar-refractivity contribution in [1.82, 2.24) is 10.6 Å². The predicted molar refractivity (Wildman–Crippen MR) is 125 cm³/mol. The number of carbonyl (C=O) groups is 3. The van der Waals surface area contributed by atoms with Crippen LogP contribution in [0.2, 0.25) is 0 Å². The fourth-order valence-electron chi connectivity index (χ4n) is 3.18. The molecule has 0 aromatic heterocycles. The molecule has 0 aliphatic carbocycles. The molecule has 32 heavy (non-hydrogen) atoms. The van der Waals surface area contributed by atoms with Crippen LogP contribution < -0.4 is 16.0 Å². The Bertz CT molecular complexity index is 1060. The molecule has 3 aromatic rings. The molecule has 0 unspecified atom stereocenters. The van der Waals surface area contributed by atoms with Crippen LogP contribution in [-0.4, -0.2) is 24.3 Å². The van der Waals surface area contributed by atoms with Gasteiger partial charge in [0.25, 0.3) is 5.91 Å². The minimum Gasteiger partial charge on any atom is -0.348 e. The Balaban J connectivity index is 1.54. The summed E-state index contributed by atoms with van der Waals surface area (Å²) >= 11 is 0. The van der Waals surface area contributed by atoms with E-state index in [0.717, 1.165) is 17.5 Å². The van der Waals surface area contributed by atoms with Gasteiger partial charge in [-0.05, 0) is 41.7 Å². The molecule has 3 amide bonds. The van der Waals surface area contributed by atoms with Gasteiger partial charge in [-0.3, -0.25) is 14.4 Å². The Morgan fingerprint density at radius 2 is 1.34 bits per heavy atom. The van der Waals surface area contributed by atoms with Crippen molar-refractivity contribution in [3.63, 3.8) is 0 Å². The zero-order chi connectivity index (χ0) is 22.8. The molecule has 0 aliphatic heterocycles. The van der Waals surface area contributed by atoms with Gasteiger partial charge in [-0.1, -0.05) is 73.7 Å². The van der Waals surface area contributed by atoms with E-state index < -0.39 is 11.8 Å². The van der Waals surface area contributed by atoms with Crippen molar-refractivity contribution in [3.8, 4) is 0 Å². The Kier molecular flexibility index (Phi) is 8.15. The molecule has 0 saturated carbocycles. The first-order valence-electron chi connectivity index (χ1n) is 10.6. The predicted octanol–water partition coefficient (Wildman–Crippen LogP) is 3.48. The van der Waals surface area contributed by atoms with Crippen LogP contribution in [0.5, 0.6) is 0 Å². The van der Waals surface area contributed by atoms with Gasteiger partial charge in [-0.2, -0.15) is 0 Å². The van der Waals surface area contributed by atoms with Gasteiger partial charge < -0.3 is 16.0 Å². The van der Waals surface area contributed by atoms with Crippen molar-refractivity contribution in [1.29, 1.82) is 0 Å². The van der Waals surface area contributed by atoms with E-state index in [1.807, 2.05) is 54.6 Å². The van der Waals surface area contributed by atoms with Crippen LogP contribution in [-0.2, 0) is 29.0 Å². The lowest BCUT2D eigenvalue weighted by molar-refractivity contribution is -0.136. The maximum atomic E-state index is 12.7. The van der Waals surface area contributed by atoms with Crippen LogP contribution in [0.25, 0.3) is 0 Å². The monoisotopic (exact) mass is 429 g/mol. The van der Waals surface area contributed by atoms with Crippen molar-refractivity contribution >= 4 is 23.4 Å².